The lowest BCUT2D eigenvalue weighted by atomic mass is 10.2. The van der Waals surface area contributed by atoms with Crippen LogP contribution in [0, 0.1) is 0 Å². The Balaban J connectivity index is 2.98. The Labute approximate surface area is 124 Å². The molecule has 0 fully saturated rings. The van der Waals surface area contributed by atoms with Crippen molar-refractivity contribution in [1.82, 2.24) is 5.32 Å². The third-order valence-electron chi connectivity index (χ3n) is 2.48. The zero-order valence-corrected chi connectivity index (χ0v) is 14.0. The average molecular weight is 330 g/mol. The first-order valence-corrected chi connectivity index (χ1v) is 7.58. The van der Waals surface area contributed by atoms with Crippen LogP contribution in [0.15, 0.2) is 16.6 Å². The highest BCUT2D eigenvalue weighted by atomic mass is 79.9. The monoisotopic (exact) mass is 329 g/mol. The van der Waals surface area contributed by atoms with Gasteiger partial charge in [0.15, 0.2) is 11.5 Å². The molecule has 0 heterocycles. The highest BCUT2D eigenvalue weighted by Gasteiger charge is 2.12. The molecule has 1 aromatic rings. The summed E-state index contributed by atoms with van der Waals surface area (Å²) in [7, 11) is 0. The molecular formula is C15H24BrNO2. The molecule has 108 valence electrons. The third kappa shape index (κ3) is 5.41. The van der Waals surface area contributed by atoms with Crippen LogP contribution in [-0.4, -0.2) is 18.8 Å². The molecule has 3 nitrogen and oxygen atoms in total. The van der Waals surface area contributed by atoms with Crippen molar-refractivity contribution in [2.75, 3.05) is 6.61 Å². The number of hydrogen-bond acceptors (Lipinski definition) is 3. The molecule has 1 aromatic carbocycles. The molecule has 1 rings (SSSR count). The van der Waals surface area contributed by atoms with Crippen molar-refractivity contribution in [1.29, 1.82) is 0 Å². The zero-order chi connectivity index (χ0) is 14.4. The summed E-state index contributed by atoms with van der Waals surface area (Å²) in [6.45, 7) is 11.7. The molecule has 0 saturated carbocycles. The van der Waals surface area contributed by atoms with Gasteiger partial charge in [0.25, 0.3) is 0 Å². The zero-order valence-electron chi connectivity index (χ0n) is 12.4. The fourth-order valence-electron chi connectivity index (χ4n) is 1.64. The molecule has 0 atom stereocenters. The van der Waals surface area contributed by atoms with Crippen LogP contribution in [0.2, 0.25) is 0 Å². The Hall–Kier alpha value is -0.740. The normalized spacial score (nSPS) is 11.2. The second-order valence-electron chi connectivity index (χ2n) is 5.03. The fraction of sp³-hybridized carbons (Fsp3) is 0.600. The van der Waals surface area contributed by atoms with E-state index in [4.69, 9.17) is 9.47 Å². The lowest BCUT2D eigenvalue weighted by Gasteiger charge is -2.17. The van der Waals surface area contributed by atoms with Gasteiger partial charge in [-0.1, -0.05) is 29.8 Å². The Morgan fingerprint density at radius 2 is 1.84 bits per heavy atom. The molecule has 0 spiro atoms. The predicted molar refractivity (Wildman–Crippen MR) is 83.1 cm³/mol. The van der Waals surface area contributed by atoms with Crippen LogP contribution in [0.3, 0.4) is 0 Å². The lowest BCUT2D eigenvalue weighted by Crippen LogP contribution is -2.22. The Bertz CT molecular complexity index is 405. The predicted octanol–water partition coefficient (Wildman–Crippen LogP) is 4.13. The smallest absolute Gasteiger partial charge is 0.162 e. The number of rotatable bonds is 7. The van der Waals surface area contributed by atoms with E-state index in [-0.39, 0.29) is 6.10 Å². The topological polar surface area (TPSA) is 30.5 Å². The van der Waals surface area contributed by atoms with Crippen molar-refractivity contribution in [2.45, 2.75) is 53.3 Å². The molecule has 0 unspecified atom stereocenters. The largest absolute Gasteiger partial charge is 0.490 e. The third-order valence-corrected chi connectivity index (χ3v) is 3.21. The maximum atomic E-state index is 5.78. The van der Waals surface area contributed by atoms with Gasteiger partial charge in [-0.15, -0.1) is 0 Å². The first kappa shape index (κ1) is 16.3. The maximum Gasteiger partial charge on any atom is 0.162 e. The van der Waals surface area contributed by atoms with Gasteiger partial charge in [-0.3, -0.25) is 0 Å². The van der Waals surface area contributed by atoms with E-state index in [9.17, 15) is 0 Å². The number of benzene rings is 1. The van der Waals surface area contributed by atoms with Crippen LogP contribution in [0.5, 0.6) is 11.5 Å². The number of nitrogens with one attached hydrogen (secondary N) is 1. The lowest BCUT2D eigenvalue weighted by molar-refractivity contribution is 0.223. The van der Waals surface area contributed by atoms with Crippen molar-refractivity contribution in [3.63, 3.8) is 0 Å². The summed E-state index contributed by atoms with van der Waals surface area (Å²) < 4.78 is 12.5. The van der Waals surface area contributed by atoms with E-state index >= 15 is 0 Å². The molecule has 4 heteroatoms. The van der Waals surface area contributed by atoms with E-state index in [0.717, 1.165) is 22.5 Å². The number of ether oxygens (including phenoxy) is 2. The first-order valence-electron chi connectivity index (χ1n) is 6.79. The van der Waals surface area contributed by atoms with Crippen LogP contribution in [0.4, 0.5) is 0 Å². The Morgan fingerprint density at radius 1 is 1.16 bits per heavy atom. The summed E-state index contributed by atoms with van der Waals surface area (Å²) in [4.78, 5) is 0. The van der Waals surface area contributed by atoms with Gasteiger partial charge < -0.3 is 14.8 Å². The van der Waals surface area contributed by atoms with E-state index in [0.29, 0.717) is 12.6 Å². The molecule has 0 aliphatic heterocycles. The molecule has 0 amide bonds. The van der Waals surface area contributed by atoms with Crippen molar-refractivity contribution in [3.8, 4) is 11.5 Å². The van der Waals surface area contributed by atoms with Crippen molar-refractivity contribution < 1.29 is 9.47 Å². The van der Waals surface area contributed by atoms with E-state index in [2.05, 4.69) is 35.1 Å². The molecule has 0 radical (unpaired) electrons. The van der Waals surface area contributed by atoms with Gasteiger partial charge in [-0.25, -0.2) is 0 Å². The van der Waals surface area contributed by atoms with Crippen LogP contribution >= 0.6 is 15.9 Å². The number of hydrogen-bond donors (Lipinski definition) is 1. The van der Waals surface area contributed by atoms with Crippen LogP contribution in [-0.2, 0) is 6.54 Å². The molecule has 0 bridgehead atoms. The quantitative estimate of drug-likeness (QED) is 0.815. The van der Waals surface area contributed by atoms with Crippen molar-refractivity contribution in [2.24, 2.45) is 0 Å². The van der Waals surface area contributed by atoms with E-state index in [1.807, 2.05) is 32.9 Å². The van der Waals surface area contributed by atoms with Crippen molar-refractivity contribution >= 4 is 15.9 Å². The highest BCUT2D eigenvalue weighted by molar-refractivity contribution is 9.10. The summed E-state index contributed by atoms with van der Waals surface area (Å²) in [5.74, 6) is 1.59. The molecule has 0 aromatic heterocycles. The van der Waals surface area contributed by atoms with Gasteiger partial charge in [-0.05, 0) is 38.5 Å². The summed E-state index contributed by atoms with van der Waals surface area (Å²) in [6, 6.07) is 4.48. The molecular weight excluding hydrogens is 306 g/mol. The van der Waals surface area contributed by atoms with E-state index in [1.54, 1.807) is 0 Å². The summed E-state index contributed by atoms with van der Waals surface area (Å²) in [5.41, 5.74) is 1.17. The SMILES string of the molecule is CCOc1cc(CNC(C)C)c(Br)cc1OC(C)C. The summed E-state index contributed by atoms with van der Waals surface area (Å²) >= 11 is 3.60. The van der Waals surface area contributed by atoms with Gasteiger partial charge in [0, 0.05) is 17.1 Å². The van der Waals surface area contributed by atoms with Crippen LogP contribution in [0.25, 0.3) is 0 Å². The van der Waals surface area contributed by atoms with Gasteiger partial charge in [-0.2, -0.15) is 0 Å². The molecule has 19 heavy (non-hydrogen) atoms. The minimum absolute atomic E-state index is 0.130. The summed E-state index contributed by atoms with van der Waals surface area (Å²) in [5, 5.41) is 3.41. The molecule has 0 aliphatic rings. The van der Waals surface area contributed by atoms with E-state index in [1.165, 1.54) is 5.56 Å². The van der Waals surface area contributed by atoms with Gasteiger partial charge in [0.1, 0.15) is 0 Å². The fourth-order valence-corrected chi connectivity index (χ4v) is 2.10. The number of halogens is 1. The van der Waals surface area contributed by atoms with Gasteiger partial charge in [0.2, 0.25) is 0 Å². The molecule has 0 aliphatic carbocycles. The Kier molecular flexibility index (Phi) is 6.66. The minimum atomic E-state index is 0.130. The Morgan fingerprint density at radius 3 is 2.37 bits per heavy atom. The van der Waals surface area contributed by atoms with Gasteiger partial charge in [0.05, 0.1) is 12.7 Å². The maximum absolute atomic E-state index is 5.78. The standard InChI is InChI=1S/C15H24BrNO2/c1-6-18-14-7-12(9-17-10(2)3)13(16)8-15(14)19-11(4)5/h7-8,10-11,17H,6,9H2,1-5H3. The van der Waals surface area contributed by atoms with Crippen LogP contribution in [0.1, 0.15) is 40.2 Å². The molecule has 0 saturated heterocycles. The highest BCUT2D eigenvalue weighted by Crippen LogP contribution is 2.34. The molecule has 1 N–H and O–H groups in total. The second kappa shape index (κ2) is 7.75. The van der Waals surface area contributed by atoms with E-state index < -0.39 is 0 Å². The average Bonchev–Trinajstić information content (AvgIpc) is 2.30. The van der Waals surface area contributed by atoms with Crippen LogP contribution < -0.4 is 14.8 Å². The minimum Gasteiger partial charge on any atom is -0.490 e. The van der Waals surface area contributed by atoms with Crippen molar-refractivity contribution in [3.05, 3.63) is 22.2 Å². The van der Waals surface area contributed by atoms with Gasteiger partial charge >= 0.3 is 0 Å². The second-order valence-corrected chi connectivity index (χ2v) is 5.88. The first-order chi connectivity index (χ1) is 8.93. The summed E-state index contributed by atoms with van der Waals surface area (Å²) in [6.07, 6.45) is 0.130.